The summed E-state index contributed by atoms with van der Waals surface area (Å²) in [7, 11) is 3.28. The van der Waals surface area contributed by atoms with Gasteiger partial charge in [0.15, 0.2) is 0 Å². The molecule has 2 aromatic carbocycles. The molecule has 29 heavy (non-hydrogen) atoms. The summed E-state index contributed by atoms with van der Waals surface area (Å²) >= 11 is 0. The number of fused-ring (bicyclic) bond motifs is 3. The van der Waals surface area contributed by atoms with Crippen molar-refractivity contribution in [1.82, 2.24) is 15.3 Å². The van der Waals surface area contributed by atoms with E-state index < -0.39 is 0 Å². The number of aromatic nitrogens is 2. The van der Waals surface area contributed by atoms with Gasteiger partial charge in [0.05, 0.1) is 18.3 Å². The molecule has 0 atom stereocenters. The maximum atomic E-state index is 12.7. The SMILES string of the molecule is COCCCNC(=O)c1cc2c([nH]c3ccccc32)c(-c2ccc(OC)cc2)n1. The van der Waals surface area contributed by atoms with Crippen molar-refractivity contribution in [2.24, 2.45) is 0 Å². The zero-order valence-corrected chi connectivity index (χ0v) is 16.5. The lowest BCUT2D eigenvalue weighted by atomic mass is 10.1. The number of nitrogens with zero attached hydrogens (tertiary/aromatic N) is 1. The molecule has 0 aliphatic heterocycles. The van der Waals surface area contributed by atoms with Crippen LogP contribution in [0.3, 0.4) is 0 Å². The average Bonchev–Trinajstić information content (AvgIpc) is 3.15. The third-order valence-electron chi connectivity index (χ3n) is 4.90. The van der Waals surface area contributed by atoms with E-state index in [0.29, 0.717) is 18.8 Å². The number of para-hydroxylation sites is 1. The van der Waals surface area contributed by atoms with Crippen LogP contribution in [0, 0.1) is 0 Å². The van der Waals surface area contributed by atoms with Crippen LogP contribution >= 0.6 is 0 Å². The fourth-order valence-electron chi connectivity index (χ4n) is 3.43. The van der Waals surface area contributed by atoms with E-state index >= 15 is 0 Å². The number of rotatable bonds is 7. The number of H-pyrrole nitrogens is 1. The molecule has 148 valence electrons. The highest BCUT2D eigenvalue weighted by molar-refractivity contribution is 6.13. The molecule has 0 saturated heterocycles. The predicted molar refractivity (Wildman–Crippen MR) is 114 cm³/mol. The molecule has 0 aliphatic rings. The summed E-state index contributed by atoms with van der Waals surface area (Å²) in [6, 6.07) is 17.6. The fourth-order valence-corrected chi connectivity index (χ4v) is 3.43. The minimum atomic E-state index is -0.192. The van der Waals surface area contributed by atoms with Crippen LogP contribution in [0.5, 0.6) is 5.75 Å². The molecular formula is C23H23N3O3. The van der Waals surface area contributed by atoms with Crippen LogP contribution in [0.4, 0.5) is 0 Å². The maximum Gasteiger partial charge on any atom is 0.269 e. The van der Waals surface area contributed by atoms with Crippen LogP contribution in [0.1, 0.15) is 16.9 Å². The molecule has 0 saturated carbocycles. The molecule has 2 aromatic heterocycles. The number of aromatic amines is 1. The minimum absolute atomic E-state index is 0.192. The van der Waals surface area contributed by atoms with Gasteiger partial charge in [-0.25, -0.2) is 4.98 Å². The molecular weight excluding hydrogens is 366 g/mol. The van der Waals surface area contributed by atoms with Crippen molar-refractivity contribution in [3.05, 3.63) is 60.3 Å². The van der Waals surface area contributed by atoms with E-state index in [9.17, 15) is 4.79 Å². The Balaban J connectivity index is 1.82. The lowest BCUT2D eigenvalue weighted by Crippen LogP contribution is -2.26. The molecule has 2 heterocycles. The molecule has 0 unspecified atom stereocenters. The second-order valence-corrected chi connectivity index (χ2v) is 6.78. The number of hydrogen-bond donors (Lipinski definition) is 2. The largest absolute Gasteiger partial charge is 0.497 e. The number of ether oxygens (including phenoxy) is 2. The molecule has 0 fully saturated rings. The van der Waals surface area contributed by atoms with E-state index in [0.717, 1.165) is 45.2 Å². The van der Waals surface area contributed by atoms with Crippen molar-refractivity contribution in [3.63, 3.8) is 0 Å². The van der Waals surface area contributed by atoms with Gasteiger partial charge in [-0.1, -0.05) is 18.2 Å². The molecule has 0 radical (unpaired) electrons. The highest BCUT2D eigenvalue weighted by Gasteiger charge is 2.17. The Morgan fingerprint density at radius 2 is 1.86 bits per heavy atom. The lowest BCUT2D eigenvalue weighted by molar-refractivity contribution is 0.0944. The monoisotopic (exact) mass is 389 g/mol. The Morgan fingerprint density at radius 3 is 2.62 bits per heavy atom. The van der Waals surface area contributed by atoms with Crippen LogP contribution in [0.2, 0.25) is 0 Å². The van der Waals surface area contributed by atoms with E-state index in [1.165, 1.54) is 0 Å². The molecule has 2 N–H and O–H groups in total. The van der Waals surface area contributed by atoms with Crippen molar-refractivity contribution in [2.75, 3.05) is 27.4 Å². The molecule has 0 bridgehead atoms. The number of carbonyl (C=O) groups is 1. The Kier molecular flexibility index (Phi) is 5.44. The number of hydrogen-bond acceptors (Lipinski definition) is 4. The van der Waals surface area contributed by atoms with Crippen LogP contribution in [-0.4, -0.2) is 43.2 Å². The molecule has 6 heteroatoms. The number of pyridine rings is 1. The molecule has 4 aromatic rings. The molecule has 0 spiro atoms. The Hall–Kier alpha value is -3.38. The number of nitrogens with one attached hydrogen (secondary N) is 2. The predicted octanol–water partition coefficient (Wildman–Crippen LogP) is 4.16. The van der Waals surface area contributed by atoms with Gasteiger partial charge in [-0.05, 0) is 42.8 Å². The Bertz CT molecular complexity index is 1150. The third-order valence-corrected chi connectivity index (χ3v) is 4.90. The Morgan fingerprint density at radius 1 is 1.07 bits per heavy atom. The summed E-state index contributed by atoms with van der Waals surface area (Å²) in [5.41, 5.74) is 3.97. The topological polar surface area (TPSA) is 76.2 Å². The van der Waals surface area contributed by atoms with E-state index in [1.807, 2.05) is 54.6 Å². The normalized spacial score (nSPS) is 11.1. The van der Waals surface area contributed by atoms with Gasteiger partial charge in [-0.15, -0.1) is 0 Å². The number of amides is 1. The van der Waals surface area contributed by atoms with Gasteiger partial charge in [0.2, 0.25) is 0 Å². The smallest absolute Gasteiger partial charge is 0.269 e. The van der Waals surface area contributed by atoms with Crippen molar-refractivity contribution < 1.29 is 14.3 Å². The maximum absolute atomic E-state index is 12.7. The fraction of sp³-hybridized carbons (Fsp3) is 0.217. The van der Waals surface area contributed by atoms with Gasteiger partial charge in [-0.2, -0.15) is 0 Å². The summed E-state index contributed by atoms with van der Waals surface area (Å²) in [5, 5.41) is 4.96. The van der Waals surface area contributed by atoms with Crippen molar-refractivity contribution in [3.8, 4) is 17.0 Å². The van der Waals surface area contributed by atoms with Gasteiger partial charge in [0.25, 0.3) is 5.91 Å². The van der Waals surface area contributed by atoms with E-state index in [1.54, 1.807) is 14.2 Å². The highest BCUT2D eigenvalue weighted by Crippen LogP contribution is 2.33. The zero-order valence-electron chi connectivity index (χ0n) is 16.5. The lowest BCUT2D eigenvalue weighted by Gasteiger charge is -2.09. The van der Waals surface area contributed by atoms with Gasteiger partial charge in [0.1, 0.15) is 11.4 Å². The molecule has 0 aliphatic carbocycles. The first-order valence-corrected chi connectivity index (χ1v) is 9.54. The quantitative estimate of drug-likeness (QED) is 0.466. The average molecular weight is 389 g/mol. The van der Waals surface area contributed by atoms with Crippen LogP contribution in [0.25, 0.3) is 33.1 Å². The second-order valence-electron chi connectivity index (χ2n) is 6.78. The number of carbonyl (C=O) groups excluding carboxylic acids is 1. The summed E-state index contributed by atoms with van der Waals surface area (Å²) in [6.45, 7) is 1.14. The molecule has 1 amide bonds. The van der Waals surface area contributed by atoms with Crippen LogP contribution in [0.15, 0.2) is 54.6 Å². The van der Waals surface area contributed by atoms with E-state index in [2.05, 4.69) is 10.3 Å². The summed E-state index contributed by atoms with van der Waals surface area (Å²) in [6.07, 6.45) is 0.753. The summed E-state index contributed by atoms with van der Waals surface area (Å²) in [4.78, 5) is 20.9. The van der Waals surface area contributed by atoms with E-state index in [-0.39, 0.29) is 5.91 Å². The van der Waals surface area contributed by atoms with Crippen molar-refractivity contribution in [1.29, 1.82) is 0 Å². The van der Waals surface area contributed by atoms with Crippen molar-refractivity contribution in [2.45, 2.75) is 6.42 Å². The first-order chi connectivity index (χ1) is 14.2. The number of methoxy groups -OCH3 is 2. The third kappa shape index (κ3) is 3.79. The minimum Gasteiger partial charge on any atom is -0.497 e. The van der Waals surface area contributed by atoms with Crippen molar-refractivity contribution >= 4 is 27.7 Å². The van der Waals surface area contributed by atoms with E-state index in [4.69, 9.17) is 14.5 Å². The first kappa shape index (κ1) is 19.0. The van der Waals surface area contributed by atoms with Crippen LogP contribution in [-0.2, 0) is 4.74 Å². The van der Waals surface area contributed by atoms with Gasteiger partial charge in [0, 0.05) is 42.1 Å². The molecule has 4 rings (SSSR count). The van der Waals surface area contributed by atoms with Gasteiger partial charge in [-0.3, -0.25) is 4.79 Å². The highest BCUT2D eigenvalue weighted by atomic mass is 16.5. The molecule has 6 nitrogen and oxygen atoms in total. The number of benzene rings is 2. The zero-order chi connectivity index (χ0) is 20.2. The second kappa shape index (κ2) is 8.32. The standard InChI is InChI=1S/C23H23N3O3/c1-28-13-5-12-24-23(27)20-14-18-17-6-3-4-7-19(17)25-22(18)21(26-20)15-8-10-16(29-2)11-9-15/h3-4,6-11,14,25H,5,12-13H2,1-2H3,(H,24,27). The van der Waals surface area contributed by atoms with Gasteiger partial charge < -0.3 is 19.8 Å². The first-order valence-electron chi connectivity index (χ1n) is 9.54. The summed E-state index contributed by atoms with van der Waals surface area (Å²) in [5.74, 6) is 0.580. The van der Waals surface area contributed by atoms with Gasteiger partial charge >= 0.3 is 0 Å². The summed E-state index contributed by atoms with van der Waals surface area (Å²) < 4.78 is 10.3. The Labute approximate surface area is 168 Å². The van der Waals surface area contributed by atoms with Crippen LogP contribution < -0.4 is 10.1 Å².